The maximum Gasteiger partial charge on any atom is 0.128 e. The number of benzene rings is 1. The first kappa shape index (κ1) is 12.5. The van der Waals surface area contributed by atoms with Crippen LogP contribution in [0.25, 0.3) is 0 Å². The third kappa shape index (κ3) is 3.24. The smallest absolute Gasteiger partial charge is 0.128 e. The van der Waals surface area contributed by atoms with E-state index in [1.54, 1.807) is 14.0 Å². The lowest BCUT2D eigenvalue weighted by molar-refractivity contribution is 0.0919. The third-order valence-electron chi connectivity index (χ3n) is 2.16. The van der Waals surface area contributed by atoms with E-state index in [9.17, 15) is 0 Å². The van der Waals surface area contributed by atoms with Gasteiger partial charge in [-0.1, -0.05) is 17.3 Å². The van der Waals surface area contributed by atoms with Crippen LogP contribution < -0.4 is 4.74 Å². The van der Waals surface area contributed by atoms with E-state index < -0.39 is 0 Å². The summed E-state index contributed by atoms with van der Waals surface area (Å²) in [6.07, 6.45) is -0.0438. The molecule has 0 aliphatic heterocycles. The molecule has 0 bridgehead atoms. The minimum atomic E-state index is -0.0438. The van der Waals surface area contributed by atoms with Crippen molar-refractivity contribution in [2.45, 2.75) is 20.0 Å². The summed E-state index contributed by atoms with van der Waals surface area (Å²) < 4.78 is 10.7. The molecule has 1 N–H and O–H groups in total. The van der Waals surface area contributed by atoms with Crippen molar-refractivity contribution in [3.8, 4) is 5.75 Å². The summed E-state index contributed by atoms with van der Waals surface area (Å²) in [6.45, 7) is 4.17. The van der Waals surface area contributed by atoms with Crippen LogP contribution in [0.3, 0.4) is 0 Å². The van der Waals surface area contributed by atoms with Crippen molar-refractivity contribution in [2.24, 2.45) is 5.16 Å². The van der Waals surface area contributed by atoms with Gasteiger partial charge in [0.2, 0.25) is 0 Å². The van der Waals surface area contributed by atoms with Crippen LogP contribution in [0.5, 0.6) is 5.75 Å². The Labute approximate surface area is 95.5 Å². The van der Waals surface area contributed by atoms with E-state index in [0.29, 0.717) is 18.1 Å². The van der Waals surface area contributed by atoms with Crippen molar-refractivity contribution >= 4 is 5.71 Å². The van der Waals surface area contributed by atoms with Crippen molar-refractivity contribution in [3.05, 3.63) is 29.8 Å². The fourth-order valence-electron chi connectivity index (χ4n) is 1.41. The average Bonchev–Trinajstić information content (AvgIpc) is 2.29. The molecule has 4 heteroatoms. The van der Waals surface area contributed by atoms with E-state index >= 15 is 0 Å². The first-order chi connectivity index (χ1) is 7.69. The van der Waals surface area contributed by atoms with Crippen molar-refractivity contribution < 1.29 is 14.7 Å². The van der Waals surface area contributed by atoms with Crippen LogP contribution in [0.1, 0.15) is 19.4 Å². The van der Waals surface area contributed by atoms with Gasteiger partial charge in [0.15, 0.2) is 0 Å². The number of ether oxygens (including phenoxy) is 2. The highest BCUT2D eigenvalue weighted by atomic mass is 16.5. The van der Waals surface area contributed by atoms with Gasteiger partial charge < -0.3 is 14.7 Å². The number of para-hydroxylation sites is 1. The summed E-state index contributed by atoms with van der Waals surface area (Å²) in [5.74, 6) is 0.697. The lowest BCUT2D eigenvalue weighted by Crippen LogP contribution is -2.19. The van der Waals surface area contributed by atoms with Crippen LogP contribution in [0.4, 0.5) is 0 Å². The molecule has 0 radical (unpaired) electrons. The van der Waals surface area contributed by atoms with E-state index in [1.165, 1.54) is 0 Å². The Bertz CT molecular complexity index is 363. The summed E-state index contributed by atoms with van der Waals surface area (Å²) >= 11 is 0. The predicted molar refractivity (Wildman–Crippen MR) is 62.4 cm³/mol. The SMILES string of the molecule is COCC(C)Oc1ccccc1C(C)=NO. The Morgan fingerprint density at radius 2 is 2.12 bits per heavy atom. The first-order valence-electron chi connectivity index (χ1n) is 5.12. The molecule has 0 saturated carbocycles. The number of nitrogens with zero attached hydrogens (tertiary/aromatic N) is 1. The fourth-order valence-corrected chi connectivity index (χ4v) is 1.41. The first-order valence-corrected chi connectivity index (χ1v) is 5.12. The maximum absolute atomic E-state index is 8.76. The molecule has 4 nitrogen and oxygen atoms in total. The van der Waals surface area contributed by atoms with Crippen LogP contribution in [0, 0.1) is 0 Å². The number of rotatable bonds is 5. The van der Waals surface area contributed by atoms with Crippen molar-refractivity contribution in [1.82, 2.24) is 0 Å². The van der Waals surface area contributed by atoms with E-state index in [-0.39, 0.29) is 6.10 Å². The molecule has 1 atom stereocenters. The molecular formula is C12H17NO3. The Morgan fingerprint density at radius 3 is 2.75 bits per heavy atom. The number of oxime groups is 1. The molecule has 1 rings (SSSR count). The summed E-state index contributed by atoms with van der Waals surface area (Å²) in [5.41, 5.74) is 1.31. The summed E-state index contributed by atoms with van der Waals surface area (Å²) in [4.78, 5) is 0. The molecule has 16 heavy (non-hydrogen) atoms. The molecule has 1 unspecified atom stereocenters. The van der Waals surface area contributed by atoms with Crippen molar-refractivity contribution in [2.75, 3.05) is 13.7 Å². The lowest BCUT2D eigenvalue weighted by Gasteiger charge is -2.16. The van der Waals surface area contributed by atoms with Gasteiger partial charge in [-0.3, -0.25) is 0 Å². The number of hydrogen-bond donors (Lipinski definition) is 1. The van der Waals surface area contributed by atoms with Crippen molar-refractivity contribution in [1.29, 1.82) is 0 Å². The molecule has 0 heterocycles. The van der Waals surface area contributed by atoms with Crippen LogP contribution >= 0.6 is 0 Å². The monoisotopic (exact) mass is 223 g/mol. The predicted octanol–water partition coefficient (Wildman–Crippen LogP) is 2.30. The largest absolute Gasteiger partial charge is 0.488 e. The molecule has 0 spiro atoms. The molecule has 1 aromatic carbocycles. The van der Waals surface area contributed by atoms with Crippen LogP contribution in [0.2, 0.25) is 0 Å². The van der Waals surface area contributed by atoms with E-state index in [0.717, 1.165) is 5.56 Å². The second-order valence-corrected chi connectivity index (χ2v) is 3.57. The molecule has 0 saturated heterocycles. The highest BCUT2D eigenvalue weighted by molar-refractivity contribution is 6.00. The molecule has 88 valence electrons. The van der Waals surface area contributed by atoms with Gasteiger partial charge in [-0.15, -0.1) is 0 Å². The van der Waals surface area contributed by atoms with E-state index in [4.69, 9.17) is 14.7 Å². The van der Waals surface area contributed by atoms with Gasteiger partial charge in [-0.05, 0) is 26.0 Å². The van der Waals surface area contributed by atoms with Gasteiger partial charge in [0, 0.05) is 12.7 Å². The molecule has 0 amide bonds. The summed E-state index contributed by atoms with van der Waals surface area (Å²) in [5, 5.41) is 11.9. The average molecular weight is 223 g/mol. The van der Waals surface area contributed by atoms with Crippen LogP contribution in [0.15, 0.2) is 29.4 Å². The molecule has 0 aliphatic rings. The van der Waals surface area contributed by atoms with Crippen LogP contribution in [-0.2, 0) is 4.74 Å². The van der Waals surface area contributed by atoms with Gasteiger partial charge in [-0.25, -0.2) is 0 Å². The molecule has 1 aromatic rings. The zero-order chi connectivity index (χ0) is 12.0. The summed E-state index contributed by atoms with van der Waals surface area (Å²) in [6, 6.07) is 7.45. The Balaban J connectivity index is 2.87. The van der Waals surface area contributed by atoms with Gasteiger partial charge in [0.25, 0.3) is 0 Å². The number of methoxy groups -OCH3 is 1. The van der Waals surface area contributed by atoms with Gasteiger partial charge >= 0.3 is 0 Å². The van der Waals surface area contributed by atoms with Crippen molar-refractivity contribution in [3.63, 3.8) is 0 Å². The highest BCUT2D eigenvalue weighted by Crippen LogP contribution is 2.20. The molecular weight excluding hydrogens is 206 g/mol. The quantitative estimate of drug-likeness (QED) is 0.473. The third-order valence-corrected chi connectivity index (χ3v) is 2.16. The lowest BCUT2D eigenvalue weighted by atomic mass is 10.1. The summed E-state index contributed by atoms with van der Waals surface area (Å²) in [7, 11) is 1.63. The second kappa shape index (κ2) is 6.12. The van der Waals surface area contributed by atoms with Gasteiger partial charge in [-0.2, -0.15) is 0 Å². The van der Waals surface area contributed by atoms with E-state index in [2.05, 4.69) is 5.16 Å². The number of hydrogen-bond acceptors (Lipinski definition) is 4. The standard InChI is InChI=1S/C12H17NO3/c1-9(8-15-3)16-12-7-5-4-6-11(12)10(2)13-14/h4-7,9,14H,8H2,1-3H3. The normalized spacial score (nSPS) is 13.6. The Hall–Kier alpha value is -1.55. The highest BCUT2D eigenvalue weighted by Gasteiger charge is 2.09. The molecule has 0 aliphatic carbocycles. The second-order valence-electron chi connectivity index (χ2n) is 3.57. The molecule has 0 aromatic heterocycles. The minimum absolute atomic E-state index is 0.0438. The van der Waals surface area contributed by atoms with E-state index in [1.807, 2.05) is 31.2 Å². The Morgan fingerprint density at radius 1 is 1.44 bits per heavy atom. The minimum Gasteiger partial charge on any atom is -0.488 e. The topological polar surface area (TPSA) is 51.0 Å². The fraction of sp³-hybridized carbons (Fsp3) is 0.417. The zero-order valence-corrected chi connectivity index (χ0v) is 9.80. The molecule has 0 fully saturated rings. The Kier molecular flexibility index (Phi) is 4.79. The van der Waals surface area contributed by atoms with Gasteiger partial charge in [0.05, 0.1) is 12.3 Å². The maximum atomic E-state index is 8.76. The zero-order valence-electron chi connectivity index (χ0n) is 9.80. The van der Waals surface area contributed by atoms with Crippen LogP contribution in [-0.4, -0.2) is 30.7 Å². The van der Waals surface area contributed by atoms with Gasteiger partial charge in [0.1, 0.15) is 11.9 Å².